The summed E-state index contributed by atoms with van der Waals surface area (Å²) in [6.45, 7) is 21.3. The van der Waals surface area contributed by atoms with Crippen LogP contribution in [0.1, 0.15) is 202 Å². The van der Waals surface area contributed by atoms with Gasteiger partial charge in [0.15, 0.2) is 11.6 Å². The second kappa shape index (κ2) is 40.5. The monoisotopic (exact) mass is 1390 g/mol. The number of aliphatic hydroxyl groups excluding tert-OH is 1. The van der Waals surface area contributed by atoms with Crippen LogP contribution in [0.3, 0.4) is 0 Å². The highest BCUT2D eigenvalue weighted by molar-refractivity contribution is 6.02. The molecule has 3 saturated heterocycles. The van der Waals surface area contributed by atoms with Crippen molar-refractivity contribution in [2.75, 3.05) is 66.4 Å². The topological polar surface area (TPSA) is 242 Å². The molecule has 2 aromatic rings. The lowest BCUT2D eigenvalue weighted by atomic mass is 9.83. The van der Waals surface area contributed by atoms with E-state index in [2.05, 4.69) is 15.5 Å². The normalized spacial score (nSPS) is 19.2. The number of benzene rings is 2. The number of imide groups is 1. The van der Waals surface area contributed by atoms with Gasteiger partial charge in [0.05, 0.1) is 48.9 Å². The van der Waals surface area contributed by atoms with Crippen molar-refractivity contribution in [2.45, 2.75) is 246 Å². The first-order chi connectivity index (χ1) is 46.8. The largest absolute Gasteiger partial charge is 0.445 e. The third-order valence-corrected chi connectivity index (χ3v) is 21.0. The third-order valence-electron chi connectivity index (χ3n) is 21.0. The Labute approximate surface area is 587 Å². The second-order valence-corrected chi connectivity index (χ2v) is 29.3. The molecule has 20 nitrogen and oxygen atoms in total. The maximum atomic E-state index is 14.9. The minimum Gasteiger partial charge on any atom is -0.445 e. The highest BCUT2D eigenvalue weighted by atomic mass is 19.4. The number of piperidine rings is 1. The Morgan fingerprint density at radius 3 is 1.90 bits per heavy atom. The van der Waals surface area contributed by atoms with E-state index in [9.17, 15) is 61.4 Å². The number of likely N-dealkylation sites (N-methyl/N-ethyl adjacent to an activating group) is 2. The van der Waals surface area contributed by atoms with Gasteiger partial charge >= 0.3 is 12.3 Å². The first-order valence-corrected chi connectivity index (χ1v) is 36.5. The number of aliphatic hydroxyl groups is 1. The van der Waals surface area contributed by atoms with E-state index in [1.807, 2.05) is 85.7 Å². The molecule has 0 aliphatic carbocycles. The fourth-order valence-electron chi connectivity index (χ4n) is 14.8. The predicted molar refractivity (Wildman–Crippen MR) is 375 cm³/mol. The van der Waals surface area contributed by atoms with Gasteiger partial charge in [-0.2, -0.15) is 13.2 Å². The summed E-state index contributed by atoms with van der Waals surface area (Å²) in [6.07, 6.45) is -1.02. The lowest BCUT2D eigenvalue weighted by Gasteiger charge is -2.41. The molecule has 0 bridgehead atoms. The molecule has 13 unspecified atom stereocenters. The van der Waals surface area contributed by atoms with E-state index in [1.54, 1.807) is 62.1 Å². The molecule has 23 heteroatoms. The zero-order valence-corrected chi connectivity index (χ0v) is 61.6. The molecule has 0 saturated carbocycles. The maximum Gasteiger partial charge on any atom is 0.410 e. The average molecular weight is 1390 g/mol. The second-order valence-electron chi connectivity index (χ2n) is 29.3. The number of alkyl halides is 3. The van der Waals surface area contributed by atoms with E-state index in [4.69, 9.17) is 14.2 Å². The highest BCUT2D eigenvalue weighted by Gasteiger charge is 2.46. The molecule has 556 valence electrons. The number of carbonyl (C=O) groups excluding carboxylic acids is 9. The minimum absolute atomic E-state index is 0.0579. The summed E-state index contributed by atoms with van der Waals surface area (Å²) in [5.74, 6) is -6.38. The van der Waals surface area contributed by atoms with Crippen molar-refractivity contribution in [3.8, 4) is 0 Å². The van der Waals surface area contributed by atoms with Gasteiger partial charge in [-0.05, 0) is 124 Å². The Morgan fingerprint density at radius 1 is 0.677 bits per heavy atom. The molecular weight excluding hydrogens is 1280 g/mol. The summed E-state index contributed by atoms with van der Waals surface area (Å²) in [5, 5.41) is 16.6. The molecule has 0 radical (unpaired) electrons. The Morgan fingerprint density at radius 2 is 1.32 bits per heavy atom. The average Bonchev–Trinajstić information content (AvgIpc) is 1.80. The molecule has 13 atom stereocenters. The Bertz CT molecular complexity index is 2900. The number of halogens is 3. The molecule has 6 amide bonds. The molecule has 2 aromatic carbocycles. The van der Waals surface area contributed by atoms with Crippen LogP contribution >= 0.6 is 0 Å². The molecule has 0 spiro atoms. The molecule has 99 heavy (non-hydrogen) atoms. The van der Waals surface area contributed by atoms with Gasteiger partial charge in [0.2, 0.25) is 29.5 Å². The molecule has 0 aromatic heterocycles. The Hall–Kier alpha value is -6.14. The van der Waals surface area contributed by atoms with Crippen molar-refractivity contribution in [1.29, 1.82) is 0 Å². The zero-order chi connectivity index (χ0) is 73.4. The van der Waals surface area contributed by atoms with Crippen molar-refractivity contribution in [3.05, 3.63) is 65.7 Å². The van der Waals surface area contributed by atoms with Crippen molar-refractivity contribution >= 4 is 58.7 Å². The van der Waals surface area contributed by atoms with Crippen LogP contribution in [0.15, 0.2) is 54.6 Å². The number of nitrogens with zero attached hydrogens (tertiary/aromatic N) is 5. The number of rotatable bonds is 42. The number of hydrogen-bond acceptors (Lipinski definition) is 15. The smallest absolute Gasteiger partial charge is 0.410 e. The molecule has 3 N–H and O–H groups in total. The quantitative estimate of drug-likeness (QED) is 0.0413. The Balaban J connectivity index is 1.20. The van der Waals surface area contributed by atoms with Gasteiger partial charge in [-0.1, -0.05) is 137 Å². The molecule has 3 fully saturated rings. The number of nitrogens with one attached hydrogen (secondary N) is 2. The summed E-state index contributed by atoms with van der Waals surface area (Å²) in [5.41, 5.74) is 1.67. The molecule has 3 aliphatic rings. The van der Waals surface area contributed by atoms with Crippen molar-refractivity contribution in [1.82, 2.24) is 29.8 Å². The number of hydrogen-bond donors (Lipinski definition) is 3. The van der Waals surface area contributed by atoms with Crippen LogP contribution in [0.4, 0.5) is 23.7 Å². The fraction of sp³-hybridized carbons (Fsp3) is 0.724. The van der Waals surface area contributed by atoms with Crippen LogP contribution in [0.2, 0.25) is 0 Å². The summed E-state index contributed by atoms with van der Waals surface area (Å²) >= 11 is 0. The van der Waals surface area contributed by atoms with E-state index in [1.165, 1.54) is 19.1 Å². The van der Waals surface area contributed by atoms with Crippen molar-refractivity contribution in [2.24, 2.45) is 47.3 Å². The Kier molecular flexibility index (Phi) is 34.2. The number of carbonyl (C=O) groups is 9. The SMILES string of the molecule is CCC(C)C(C(CC(=O)N1CCCC1C(OC)C(C)C(=O)CC(C)C(O)c1ccccc1)OC)N(C)C(=O)C(CC(=O)C(C(C)C)N(C)C(=O)OCc1ccc(NC(=O)C(CCCN2CCCCC2)CC(=O)C(NC(CCCCCN2C(=O)CCC2=O)C(F)(F)F)C(C)C)cc1)C(C)C. The minimum atomic E-state index is -4.67. The number of Topliss-reactive ketones (excluding diaryl/α,β-unsaturated/α-hetero) is 3. The van der Waals surface area contributed by atoms with Gasteiger partial charge in [-0.25, -0.2) is 4.79 Å². The lowest BCUT2D eigenvalue weighted by Crippen LogP contribution is -2.54. The van der Waals surface area contributed by atoms with Gasteiger partial charge in [0, 0.05) is 96.9 Å². The summed E-state index contributed by atoms with van der Waals surface area (Å²) in [4.78, 5) is 132. The number of likely N-dealkylation sites (tertiary alicyclic amines) is 3. The van der Waals surface area contributed by atoms with Crippen molar-refractivity contribution in [3.63, 3.8) is 0 Å². The summed E-state index contributed by atoms with van der Waals surface area (Å²) in [6, 6.07) is 10.7. The number of unbranched alkanes of at least 4 members (excludes halogenated alkanes) is 2. The summed E-state index contributed by atoms with van der Waals surface area (Å²) in [7, 11) is 6.24. The van der Waals surface area contributed by atoms with Crippen LogP contribution in [0, 0.1) is 47.3 Å². The number of methoxy groups -OCH3 is 2. The van der Waals surface area contributed by atoms with Crippen molar-refractivity contribution < 1.29 is 75.6 Å². The van der Waals surface area contributed by atoms with Crippen LogP contribution in [0.5, 0.6) is 0 Å². The summed E-state index contributed by atoms with van der Waals surface area (Å²) < 4.78 is 61.7. The number of ketones is 3. The van der Waals surface area contributed by atoms with Gasteiger partial charge < -0.3 is 44.2 Å². The van der Waals surface area contributed by atoms with E-state index >= 15 is 0 Å². The number of ether oxygens (including phenoxy) is 3. The van der Waals surface area contributed by atoms with E-state index in [-0.39, 0.29) is 123 Å². The van der Waals surface area contributed by atoms with E-state index < -0.39 is 96.2 Å². The fourth-order valence-corrected chi connectivity index (χ4v) is 14.8. The van der Waals surface area contributed by atoms with Gasteiger partial charge in [-0.15, -0.1) is 0 Å². The van der Waals surface area contributed by atoms with E-state index in [0.717, 1.165) is 42.8 Å². The first-order valence-electron chi connectivity index (χ1n) is 36.5. The number of anilines is 1. The van der Waals surface area contributed by atoms with Crippen LogP contribution < -0.4 is 10.6 Å². The van der Waals surface area contributed by atoms with Gasteiger partial charge in [0.1, 0.15) is 18.4 Å². The predicted octanol–water partition coefficient (Wildman–Crippen LogP) is 11.8. The van der Waals surface area contributed by atoms with E-state index in [0.29, 0.717) is 69.3 Å². The molecule has 3 heterocycles. The third kappa shape index (κ3) is 24.5. The van der Waals surface area contributed by atoms with Gasteiger partial charge in [0.25, 0.3) is 0 Å². The standard InChI is InChI=1S/C76H118F3N7O13/c1-15-51(8)70(63(97-13)46-67(92)85-42-26-30-59(85)72(98-14)53(10)60(87)43-52(9)71(93)55-27-19-16-20-28-55)82(11)74(95)58(48(2)3)45-62(89)69(50(6)7)83(12)75(96)99-47-54-32-34-57(35-33-54)80-73(94)56(29-25-40-84-38-22-18-23-39-84)44-61(88)68(49(4)5)81-64(76(77,78)79)31-21-17-24-41-86-65(90)36-37-66(86)91/h16,19-20,27-28,32-35,48-53,56,58-59,63-64,68-72,81,93H,15,17-18,21-26,29-31,36-47H2,1-14H3,(H,80,94). The van der Waals surface area contributed by atoms with Crippen LogP contribution in [0.25, 0.3) is 0 Å². The lowest BCUT2D eigenvalue weighted by molar-refractivity contribution is -0.161. The maximum absolute atomic E-state index is 14.9. The molecular formula is C76H118F3N7O13. The zero-order valence-electron chi connectivity index (χ0n) is 61.6. The molecule has 3 aliphatic heterocycles. The van der Waals surface area contributed by atoms with Crippen LogP contribution in [-0.4, -0.2) is 192 Å². The highest BCUT2D eigenvalue weighted by Crippen LogP contribution is 2.35. The van der Waals surface area contributed by atoms with Gasteiger partial charge in [-0.3, -0.25) is 48.6 Å². The first kappa shape index (κ1) is 83.5. The molecule has 5 rings (SSSR count). The number of amides is 6. The van der Waals surface area contributed by atoms with Crippen LogP contribution in [-0.2, 0) is 59.2 Å².